The summed E-state index contributed by atoms with van der Waals surface area (Å²) in [4.78, 5) is 0.346. The van der Waals surface area contributed by atoms with Gasteiger partial charge in [0.1, 0.15) is 12.6 Å². The molecule has 1 heterocycles. The van der Waals surface area contributed by atoms with Gasteiger partial charge in [-0.05, 0) is 27.4 Å². The largest absolute Gasteiger partial charge is 0.390 e. The Bertz CT molecular complexity index is 297. The highest BCUT2D eigenvalue weighted by Crippen LogP contribution is 2.36. The molecular weight excluding hydrogens is 300 g/mol. The van der Waals surface area contributed by atoms with E-state index in [9.17, 15) is 8.78 Å². The highest BCUT2D eigenvalue weighted by atomic mass is 79.9. The molecule has 0 aromatic carbocycles. The van der Waals surface area contributed by atoms with Crippen molar-refractivity contribution in [3.05, 3.63) is 20.8 Å². The van der Waals surface area contributed by atoms with Crippen LogP contribution >= 0.6 is 39.7 Å². The fourth-order valence-electron chi connectivity index (χ4n) is 0.817. The van der Waals surface area contributed by atoms with Crippen molar-refractivity contribution in [1.82, 2.24) is 0 Å². The summed E-state index contributed by atoms with van der Waals surface area (Å²) in [7, 11) is 0. The Morgan fingerprint density at radius 3 is 2.57 bits per heavy atom. The standard InChI is InChI=1S/C7H8BrF2NOS.ClH/c8-4-1-2-13-5(4)6(11)7(9,10)3-12;/h1-2,6,12H,3,11H2;1H/t6-;/m0./s1. The summed E-state index contributed by atoms with van der Waals surface area (Å²) in [6, 6.07) is 0.194. The molecule has 1 aromatic heterocycles. The van der Waals surface area contributed by atoms with Crippen LogP contribution in [0.2, 0.25) is 0 Å². The van der Waals surface area contributed by atoms with Crippen molar-refractivity contribution in [2.45, 2.75) is 12.0 Å². The molecule has 0 amide bonds. The maximum Gasteiger partial charge on any atom is 0.290 e. The molecule has 0 unspecified atom stereocenters. The van der Waals surface area contributed by atoms with Gasteiger partial charge in [-0.1, -0.05) is 0 Å². The summed E-state index contributed by atoms with van der Waals surface area (Å²) in [6.45, 7) is -1.24. The second-order valence-electron chi connectivity index (χ2n) is 2.53. The molecule has 0 radical (unpaired) electrons. The predicted molar refractivity (Wildman–Crippen MR) is 58.2 cm³/mol. The van der Waals surface area contributed by atoms with Crippen LogP contribution in [0.5, 0.6) is 0 Å². The van der Waals surface area contributed by atoms with E-state index < -0.39 is 18.6 Å². The van der Waals surface area contributed by atoms with Crippen molar-refractivity contribution >= 4 is 39.7 Å². The first kappa shape index (κ1) is 14.2. The van der Waals surface area contributed by atoms with Gasteiger partial charge in [-0.3, -0.25) is 0 Å². The van der Waals surface area contributed by atoms with Gasteiger partial charge >= 0.3 is 0 Å². The third kappa shape index (κ3) is 2.87. The fourth-order valence-corrected chi connectivity index (χ4v) is 2.50. The Balaban J connectivity index is 0.00000169. The van der Waals surface area contributed by atoms with Crippen LogP contribution in [0.15, 0.2) is 15.9 Å². The molecule has 0 aliphatic rings. The molecule has 1 rings (SSSR count). The van der Waals surface area contributed by atoms with Crippen LogP contribution in [0.25, 0.3) is 0 Å². The molecule has 0 bridgehead atoms. The molecule has 1 atom stereocenters. The molecule has 2 nitrogen and oxygen atoms in total. The van der Waals surface area contributed by atoms with Crippen LogP contribution < -0.4 is 5.73 Å². The number of aliphatic hydroxyl groups excluding tert-OH is 1. The lowest BCUT2D eigenvalue weighted by Gasteiger charge is -2.20. The predicted octanol–water partition coefficient (Wildman–Crippen LogP) is 2.56. The number of hydrogen-bond donors (Lipinski definition) is 2. The van der Waals surface area contributed by atoms with Gasteiger partial charge in [-0.2, -0.15) is 0 Å². The van der Waals surface area contributed by atoms with E-state index in [1.807, 2.05) is 0 Å². The van der Waals surface area contributed by atoms with Crippen LogP contribution in [-0.2, 0) is 0 Å². The minimum Gasteiger partial charge on any atom is -0.390 e. The van der Waals surface area contributed by atoms with Gasteiger partial charge in [0.25, 0.3) is 5.92 Å². The summed E-state index contributed by atoms with van der Waals surface area (Å²) in [6.07, 6.45) is 0. The zero-order valence-electron chi connectivity index (χ0n) is 6.91. The van der Waals surface area contributed by atoms with Crippen molar-refractivity contribution in [1.29, 1.82) is 0 Å². The zero-order chi connectivity index (χ0) is 10.1. The van der Waals surface area contributed by atoms with E-state index in [1.165, 1.54) is 0 Å². The third-order valence-corrected chi connectivity index (χ3v) is 3.55. The Hall–Kier alpha value is 0.250. The summed E-state index contributed by atoms with van der Waals surface area (Å²) in [5, 5.41) is 10.1. The van der Waals surface area contributed by atoms with Gasteiger partial charge in [0.15, 0.2) is 0 Å². The number of hydrogen-bond acceptors (Lipinski definition) is 3. The molecule has 1 aromatic rings. The molecule has 0 saturated carbocycles. The van der Waals surface area contributed by atoms with Gasteiger partial charge in [0, 0.05) is 9.35 Å². The minimum atomic E-state index is -3.27. The van der Waals surface area contributed by atoms with Crippen LogP contribution in [0, 0.1) is 0 Å². The molecule has 0 spiro atoms. The average Bonchev–Trinajstić information content (AvgIpc) is 2.50. The van der Waals surface area contributed by atoms with Crippen molar-refractivity contribution < 1.29 is 13.9 Å². The van der Waals surface area contributed by atoms with E-state index in [1.54, 1.807) is 11.4 Å². The Morgan fingerprint density at radius 1 is 1.64 bits per heavy atom. The fraction of sp³-hybridized carbons (Fsp3) is 0.429. The Kier molecular flexibility index (Phi) is 5.46. The van der Waals surface area contributed by atoms with E-state index in [0.29, 0.717) is 9.35 Å². The first-order valence-corrected chi connectivity index (χ1v) is 5.13. The van der Waals surface area contributed by atoms with Crippen LogP contribution in [-0.4, -0.2) is 17.6 Å². The van der Waals surface area contributed by atoms with Crippen LogP contribution in [0.4, 0.5) is 8.78 Å². The topological polar surface area (TPSA) is 46.2 Å². The molecular formula is C7H9BrClF2NOS. The first-order chi connectivity index (χ1) is 5.99. The maximum absolute atomic E-state index is 12.9. The van der Waals surface area contributed by atoms with Crippen molar-refractivity contribution in [2.24, 2.45) is 5.73 Å². The number of aliphatic hydroxyl groups is 1. The van der Waals surface area contributed by atoms with Gasteiger partial charge in [0.2, 0.25) is 0 Å². The summed E-state index contributed by atoms with van der Waals surface area (Å²) in [5.41, 5.74) is 5.30. The maximum atomic E-state index is 12.9. The average molecular weight is 309 g/mol. The highest BCUT2D eigenvalue weighted by Gasteiger charge is 2.38. The second kappa shape index (κ2) is 5.37. The lowest BCUT2D eigenvalue weighted by Crippen LogP contribution is -2.35. The smallest absolute Gasteiger partial charge is 0.290 e. The molecule has 0 fully saturated rings. The van der Waals surface area contributed by atoms with Crippen molar-refractivity contribution in [3.8, 4) is 0 Å². The number of thiophene rings is 1. The van der Waals surface area contributed by atoms with Gasteiger partial charge in [-0.15, -0.1) is 23.7 Å². The number of alkyl halides is 2. The monoisotopic (exact) mass is 307 g/mol. The van der Waals surface area contributed by atoms with Crippen LogP contribution in [0.3, 0.4) is 0 Å². The molecule has 3 N–H and O–H groups in total. The lowest BCUT2D eigenvalue weighted by atomic mass is 10.1. The van der Waals surface area contributed by atoms with Gasteiger partial charge < -0.3 is 10.8 Å². The minimum absolute atomic E-state index is 0. The normalized spacial score (nSPS) is 13.5. The lowest BCUT2D eigenvalue weighted by molar-refractivity contribution is -0.0705. The second-order valence-corrected chi connectivity index (χ2v) is 4.33. The highest BCUT2D eigenvalue weighted by molar-refractivity contribution is 9.10. The first-order valence-electron chi connectivity index (χ1n) is 3.46. The molecule has 0 saturated heterocycles. The third-order valence-electron chi connectivity index (χ3n) is 1.59. The van der Waals surface area contributed by atoms with Crippen LogP contribution in [0.1, 0.15) is 10.9 Å². The van der Waals surface area contributed by atoms with E-state index in [2.05, 4.69) is 15.9 Å². The van der Waals surface area contributed by atoms with Crippen molar-refractivity contribution in [3.63, 3.8) is 0 Å². The number of rotatable bonds is 3. The molecule has 7 heteroatoms. The van der Waals surface area contributed by atoms with E-state index in [0.717, 1.165) is 11.3 Å². The summed E-state index contributed by atoms with van der Waals surface area (Å²) >= 11 is 4.24. The molecule has 0 aliphatic carbocycles. The van der Waals surface area contributed by atoms with Crippen molar-refractivity contribution in [2.75, 3.05) is 6.61 Å². The van der Waals surface area contributed by atoms with E-state index in [-0.39, 0.29) is 12.4 Å². The molecule has 14 heavy (non-hydrogen) atoms. The Labute approximate surface area is 98.7 Å². The van der Waals surface area contributed by atoms with E-state index in [4.69, 9.17) is 10.8 Å². The SMILES string of the molecule is Cl.N[C@@H](c1sccc1Br)C(F)(F)CO. The summed E-state index contributed by atoms with van der Waals surface area (Å²) in [5.74, 6) is -3.27. The molecule has 0 aliphatic heterocycles. The Morgan fingerprint density at radius 2 is 2.21 bits per heavy atom. The summed E-state index contributed by atoms with van der Waals surface area (Å²) < 4.78 is 26.4. The number of nitrogens with two attached hydrogens (primary N) is 1. The number of halogens is 4. The zero-order valence-corrected chi connectivity index (χ0v) is 10.1. The quantitative estimate of drug-likeness (QED) is 0.901. The van der Waals surface area contributed by atoms with E-state index >= 15 is 0 Å². The van der Waals surface area contributed by atoms with Gasteiger partial charge in [0.05, 0.1) is 0 Å². The molecule has 82 valence electrons. The van der Waals surface area contributed by atoms with Gasteiger partial charge in [-0.25, -0.2) is 8.78 Å².